The molecule has 1 N–H and O–H groups in total. The number of para-hydroxylation sites is 1. The fourth-order valence-corrected chi connectivity index (χ4v) is 1.23. The molecule has 0 aliphatic heterocycles. The van der Waals surface area contributed by atoms with Crippen molar-refractivity contribution in [2.75, 3.05) is 0 Å². The normalized spacial score (nSPS) is 10.3. The molecule has 0 amide bonds. The van der Waals surface area contributed by atoms with Gasteiger partial charge in [-0.15, -0.1) is 0 Å². The molecule has 0 aliphatic carbocycles. The van der Waals surface area contributed by atoms with E-state index in [1.165, 1.54) is 0 Å². The highest BCUT2D eigenvalue weighted by Gasteiger charge is 1.97. The van der Waals surface area contributed by atoms with Crippen molar-refractivity contribution >= 4 is 23.1 Å². The zero-order valence-electron chi connectivity index (χ0n) is 6.03. The van der Waals surface area contributed by atoms with Crippen molar-refractivity contribution in [2.24, 2.45) is 0 Å². The summed E-state index contributed by atoms with van der Waals surface area (Å²) in [6, 6.07) is 7.07. The van der Waals surface area contributed by atoms with E-state index >= 15 is 0 Å². The number of fused-ring (bicyclic) bond motifs is 1. The Balaban J connectivity index is 3.09. The van der Waals surface area contributed by atoms with E-state index in [1.54, 1.807) is 18.2 Å². The molecule has 60 valence electrons. The van der Waals surface area contributed by atoms with Gasteiger partial charge < -0.3 is 9.40 Å². The van der Waals surface area contributed by atoms with E-state index in [0.29, 0.717) is 10.9 Å². The molecule has 0 spiro atoms. The van der Waals surface area contributed by atoms with Crippen molar-refractivity contribution in [1.29, 1.82) is 0 Å². The highest BCUT2D eigenvalue weighted by molar-refractivity contribution is 7.71. The average Bonchev–Trinajstić information content (AvgIpc) is 2.04. The fourth-order valence-electron chi connectivity index (χ4n) is 1.04. The number of H-pyrrole nitrogens is 1. The Morgan fingerprint density at radius 3 is 2.92 bits per heavy atom. The molecular weight excluding hydrogens is 174 g/mol. The van der Waals surface area contributed by atoms with Crippen molar-refractivity contribution < 1.29 is 4.42 Å². The number of nitrogens with one attached hydrogen (secondary N) is 1. The predicted octanol–water partition coefficient (Wildman–Crippen LogP) is 1.85. The van der Waals surface area contributed by atoms with Crippen LogP contribution in [0, 0.1) is 4.84 Å². The Kier molecular flexibility index (Phi) is 1.55. The molecule has 0 bridgehead atoms. The smallest absolute Gasteiger partial charge is 0.347 e. The minimum absolute atomic E-state index is 0.110. The largest absolute Gasteiger partial charge is 0.395 e. The van der Waals surface area contributed by atoms with Gasteiger partial charge in [-0.05, 0) is 24.4 Å². The lowest BCUT2D eigenvalue weighted by Crippen LogP contribution is -2.00. The third-order valence-corrected chi connectivity index (χ3v) is 1.75. The fraction of sp³-hybridized carbons (Fsp3) is 0. The molecule has 0 atom stereocenters. The maximum Gasteiger partial charge on any atom is 0.347 e. The monoisotopic (exact) mass is 179 g/mol. The Labute approximate surface area is 72.7 Å². The molecule has 0 unspecified atom stereocenters. The minimum Gasteiger partial charge on any atom is -0.395 e. The molecular formula is C8H5NO2S. The van der Waals surface area contributed by atoms with E-state index in [9.17, 15) is 4.79 Å². The van der Waals surface area contributed by atoms with Gasteiger partial charge in [0.05, 0.1) is 10.9 Å². The number of hydrogen-bond donors (Lipinski definition) is 1. The molecule has 0 radical (unpaired) electrons. The maximum absolute atomic E-state index is 11.1. The van der Waals surface area contributed by atoms with Crippen LogP contribution in [0.2, 0.25) is 0 Å². The van der Waals surface area contributed by atoms with Crippen LogP contribution in [-0.4, -0.2) is 4.98 Å². The number of rotatable bonds is 0. The molecule has 2 rings (SSSR count). The first kappa shape index (κ1) is 7.24. The van der Waals surface area contributed by atoms with E-state index in [2.05, 4.69) is 4.98 Å². The summed E-state index contributed by atoms with van der Waals surface area (Å²) in [5.74, 6) is 0. The van der Waals surface area contributed by atoms with Gasteiger partial charge in [0.25, 0.3) is 4.84 Å². The third kappa shape index (κ3) is 1.06. The summed E-state index contributed by atoms with van der Waals surface area (Å²) in [5, 5.41) is 0.520. The van der Waals surface area contributed by atoms with E-state index in [0.717, 1.165) is 0 Å². The average molecular weight is 179 g/mol. The molecule has 0 fully saturated rings. The second-order valence-electron chi connectivity index (χ2n) is 2.35. The lowest BCUT2D eigenvalue weighted by Gasteiger charge is -1.92. The number of aromatic nitrogens is 1. The number of aromatic amines is 1. The second-order valence-corrected chi connectivity index (χ2v) is 2.72. The summed E-state index contributed by atoms with van der Waals surface area (Å²) < 4.78 is 4.69. The van der Waals surface area contributed by atoms with Crippen LogP contribution < -0.4 is 5.63 Å². The van der Waals surface area contributed by atoms with Crippen molar-refractivity contribution in [3.63, 3.8) is 0 Å². The van der Waals surface area contributed by atoms with Crippen LogP contribution in [0.3, 0.4) is 0 Å². The molecule has 0 aliphatic rings. The topological polar surface area (TPSA) is 46.0 Å². The van der Waals surface area contributed by atoms with Crippen LogP contribution in [0.15, 0.2) is 33.5 Å². The van der Waals surface area contributed by atoms with Gasteiger partial charge in [-0.25, -0.2) is 4.79 Å². The zero-order valence-corrected chi connectivity index (χ0v) is 6.85. The lowest BCUT2D eigenvalue weighted by molar-refractivity contribution is 0.484. The van der Waals surface area contributed by atoms with Crippen LogP contribution in [-0.2, 0) is 0 Å². The maximum atomic E-state index is 11.1. The zero-order chi connectivity index (χ0) is 8.55. The first-order chi connectivity index (χ1) is 5.77. The summed E-state index contributed by atoms with van der Waals surface area (Å²) >= 11 is 4.70. The lowest BCUT2D eigenvalue weighted by atomic mass is 10.2. The number of benzene rings is 1. The third-order valence-electron chi connectivity index (χ3n) is 1.57. The number of hydrogen-bond acceptors (Lipinski definition) is 3. The van der Waals surface area contributed by atoms with Crippen molar-refractivity contribution in [1.82, 2.24) is 4.98 Å². The molecule has 1 heterocycles. The Morgan fingerprint density at radius 1 is 1.33 bits per heavy atom. The van der Waals surface area contributed by atoms with Crippen LogP contribution in [0.5, 0.6) is 0 Å². The molecule has 3 nitrogen and oxygen atoms in total. The predicted molar refractivity (Wildman–Crippen MR) is 47.7 cm³/mol. The van der Waals surface area contributed by atoms with Gasteiger partial charge in [0.15, 0.2) is 0 Å². The molecule has 4 heteroatoms. The summed E-state index contributed by atoms with van der Waals surface area (Å²) in [7, 11) is 0. The second kappa shape index (κ2) is 2.57. The molecule has 12 heavy (non-hydrogen) atoms. The summed E-state index contributed by atoms with van der Waals surface area (Å²) in [6.45, 7) is 0. The van der Waals surface area contributed by atoms with Crippen molar-refractivity contribution in [2.45, 2.75) is 0 Å². The van der Waals surface area contributed by atoms with Crippen LogP contribution >= 0.6 is 12.2 Å². The van der Waals surface area contributed by atoms with Gasteiger partial charge >= 0.3 is 5.63 Å². The van der Waals surface area contributed by atoms with Gasteiger partial charge in [0.2, 0.25) is 0 Å². The summed E-state index contributed by atoms with van der Waals surface area (Å²) in [6.07, 6.45) is 0. The van der Waals surface area contributed by atoms with Gasteiger partial charge in [0.1, 0.15) is 0 Å². The van der Waals surface area contributed by atoms with Crippen molar-refractivity contribution in [3.8, 4) is 0 Å². The highest BCUT2D eigenvalue weighted by Crippen LogP contribution is 2.04. The molecule has 1 aromatic heterocycles. The first-order valence-electron chi connectivity index (χ1n) is 3.39. The van der Waals surface area contributed by atoms with E-state index in [1.807, 2.05) is 6.07 Å². The van der Waals surface area contributed by atoms with Crippen LogP contribution in [0.25, 0.3) is 10.9 Å². The Morgan fingerprint density at radius 2 is 2.08 bits per heavy atom. The van der Waals surface area contributed by atoms with Crippen LogP contribution in [0.4, 0.5) is 0 Å². The van der Waals surface area contributed by atoms with Crippen LogP contribution in [0.1, 0.15) is 0 Å². The summed E-state index contributed by atoms with van der Waals surface area (Å²) in [5.41, 5.74) is 0.313. The summed E-state index contributed by atoms with van der Waals surface area (Å²) in [4.78, 5) is 14.0. The molecule has 0 saturated carbocycles. The van der Waals surface area contributed by atoms with Crippen molar-refractivity contribution in [3.05, 3.63) is 39.5 Å². The standard InChI is InChI=1S/C8H5NO2S/c10-7-5-3-1-2-4-6(5)9-8(12)11-7/h1-4H,(H,9,12). The van der Waals surface area contributed by atoms with E-state index < -0.39 is 5.63 Å². The van der Waals surface area contributed by atoms with Gasteiger partial charge in [-0.2, -0.15) is 0 Å². The molecule has 0 saturated heterocycles. The molecule has 2 aromatic rings. The quantitative estimate of drug-likeness (QED) is 0.628. The highest BCUT2D eigenvalue weighted by atomic mass is 32.1. The first-order valence-corrected chi connectivity index (χ1v) is 3.80. The van der Waals surface area contributed by atoms with E-state index in [-0.39, 0.29) is 4.84 Å². The SMILES string of the molecule is O=c1oc(=S)[nH]c2ccccc12. The Hall–Kier alpha value is -1.42. The van der Waals surface area contributed by atoms with Gasteiger partial charge in [-0.1, -0.05) is 12.1 Å². The Bertz CT molecular complexity index is 526. The van der Waals surface area contributed by atoms with Gasteiger partial charge in [-0.3, -0.25) is 0 Å². The minimum atomic E-state index is -0.394. The van der Waals surface area contributed by atoms with E-state index in [4.69, 9.17) is 16.6 Å². The molecule has 1 aromatic carbocycles. The van der Waals surface area contributed by atoms with Gasteiger partial charge in [0, 0.05) is 0 Å².